The number of hydrogen-bond acceptors (Lipinski definition) is 4. The number of hydrogen-bond donors (Lipinski definition) is 0. The van der Waals surface area contributed by atoms with Gasteiger partial charge in [0.15, 0.2) is 0 Å². The SMILES string of the molecule is Cc1cc(C)n(CC2CCCCN2Cc2c(C)noc2C)n1. The monoisotopic (exact) mass is 302 g/mol. The van der Waals surface area contributed by atoms with Gasteiger partial charge in [0.25, 0.3) is 0 Å². The third kappa shape index (κ3) is 3.09. The van der Waals surface area contributed by atoms with Gasteiger partial charge in [-0.1, -0.05) is 11.6 Å². The second-order valence-electron chi connectivity index (χ2n) is 6.53. The van der Waals surface area contributed by atoms with Crippen LogP contribution in [0.3, 0.4) is 0 Å². The normalized spacial score (nSPS) is 19.7. The van der Waals surface area contributed by atoms with Crippen LogP contribution in [0, 0.1) is 27.7 Å². The summed E-state index contributed by atoms with van der Waals surface area (Å²) in [6.45, 7) is 11.3. The minimum Gasteiger partial charge on any atom is -0.361 e. The number of aromatic nitrogens is 3. The highest BCUT2D eigenvalue weighted by atomic mass is 16.5. The highest BCUT2D eigenvalue weighted by Crippen LogP contribution is 2.24. The zero-order valence-electron chi connectivity index (χ0n) is 14.1. The van der Waals surface area contributed by atoms with E-state index < -0.39 is 0 Å². The molecule has 3 heterocycles. The third-order valence-electron chi connectivity index (χ3n) is 4.78. The van der Waals surface area contributed by atoms with Gasteiger partial charge >= 0.3 is 0 Å². The molecular formula is C17H26N4O. The maximum absolute atomic E-state index is 5.32. The van der Waals surface area contributed by atoms with Crippen LogP contribution < -0.4 is 0 Å². The molecule has 1 fully saturated rings. The van der Waals surface area contributed by atoms with Crippen molar-refractivity contribution in [2.75, 3.05) is 6.54 Å². The van der Waals surface area contributed by atoms with Gasteiger partial charge in [-0.05, 0) is 53.1 Å². The van der Waals surface area contributed by atoms with Crippen LogP contribution in [-0.4, -0.2) is 32.4 Å². The van der Waals surface area contributed by atoms with Crippen molar-refractivity contribution in [3.63, 3.8) is 0 Å². The molecule has 5 nitrogen and oxygen atoms in total. The van der Waals surface area contributed by atoms with Crippen molar-refractivity contribution >= 4 is 0 Å². The van der Waals surface area contributed by atoms with Gasteiger partial charge in [0.1, 0.15) is 5.76 Å². The fraction of sp³-hybridized carbons (Fsp3) is 0.647. The zero-order valence-corrected chi connectivity index (χ0v) is 14.1. The Hall–Kier alpha value is -1.62. The molecule has 0 radical (unpaired) electrons. The molecule has 0 saturated carbocycles. The number of likely N-dealkylation sites (tertiary alicyclic amines) is 1. The van der Waals surface area contributed by atoms with Crippen LogP contribution in [-0.2, 0) is 13.1 Å². The lowest BCUT2D eigenvalue weighted by atomic mass is 10.0. The molecule has 1 unspecified atom stereocenters. The molecule has 2 aromatic heterocycles. The Balaban J connectivity index is 1.75. The summed E-state index contributed by atoms with van der Waals surface area (Å²) in [4.78, 5) is 2.58. The third-order valence-corrected chi connectivity index (χ3v) is 4.78. The van der Waals surface area contributed by atoms with Crippen LogP contribution in [0.1, 0.15) is 47.7 Å². The van der Waals surface area contributed by atoms with Crippen molar-refractivity contribution in [2.24, 2.45) is 0 Å². The van der Waals surface area contributed by atoms with Gasteiger partial charge in [-0.25, -0.2) is 0 Å². The van der Waals surface area contributed by atoms with Crippen molar-refractivity contribution in [1.29, 1.82) is 0 Å². The lowest BCUT2D eigenvalue weighted by Crippen LogP contribution is -2.42. The lowest BCUT2D eigenvalue weighted by molar-refractivity contribution is 0.120. The van der Waals surface area contributed by atoms with E-state index in [1.807, 2.05) is 13.8 Å². The first-order valence-electron chi connectivity index (χ1n) is 8.21. The molecule has 5 heteroatoms. The van der Waals surface area contributed by atoms with E-state index in [0.29, 0.717) is 6.04 Å². The predicted octanol–water partition coefficient (Wildman–Crippen LogP) is 3.16. The molecular weight excluding hydrogens is 276 g/mol. The molecule has 1 aliphatic heterocycles. The average Bonchev–Trinajstić information content (AvgIpc) is 2.96. The molecule has 1 saturated heterocycles. The number of piperidine rings is 1. The Kier molecular flexibility index (Phi) is 4.34. The zero-order chi connectivity index (χ0) is 15.7. The molecule has 3 rings (SSSR count). The van der Waals surface area contributed by atoms with E-state index in [2.05, 4.69) is 39.8 Å². The van der Waals surface area contributed by atoms with Crippen molar-refractivity contribution < 1.29 is 4.52 Å². The van der Waals surface area contributed by atoms with Gasteiger partial charge in [-0.15, -0.1) is 0 Å². The Labute approximate surface area is 132 Å². The largest absolute Gasteiger partial charge is 0.361 e. The standard InChI is InChI=1S/C17H26N4O/c1-12-9-13(2)21(18-12)10-16-7-5-6-8-20(16)11-17-14(3)19-22-15(17)4/h9,16H,5-8,10-11H2,1-4H3. The number of rotatable bonds is 4. The maximum atomic E-state index is 5.32. The molecule has 1 aliphatic rings. The first-order chi connectivity index (χ1) is 10.5. The first kappa shape index (κ1) is 15.3. The van der Waals surface area contributed by atoms with Gasteiger partial charge in [0, 0.05) is 23.8 Å². The van der Waals surface area contributed by atoms with Crippen LogP contribution >= 0.6 is 0 Å². The highest BCUT2D eigenvalue weighted by molar-refractivity contribution is 5.20. The van der Waals surface area contributed by atoms with Crippen LogP contribution in [0.25, 0.3) is 0 Å². The maximum Gasteiger partial charge on any atom is 0.138 e. The van der Waals surface area contributed by atoms with Gasteiger partial charge in [-0.2, -0.15) is 5.10 Å². The van der Waals surface area contributed by atoms with Crippen LogP contribution in [0.4, 0.5) is 0 Å². The molecule has 0 N–H and O–H groups in total. The molecule has 0 amide bonds. The smallest absolute Gasteiger partial charge is 0.138 e. The molecule has 0 aromatic carbocycles. The van der Waals surface area contributed by atoms with Crippen molar-refractivity contribution in [1.82, 2.24) is 19.8 Å². The quantitative estimate of drug-likeness (QED) is 0.870. The minimum absolute atomic E-state index is 0.542. The van der Waals surface area contributed by atoms with Crippen LogP contribution in [0.2, 0.25) is 0 Å². The molecule has 0 bridgehead atoms. The van der Waals surface area contributed by atoms with Gasteiger partial charge < -0.3 is 4.52 Å². The van der Waals surface area contributed by atoms with Crippen molar-refractivity contribution in [3.8, 4) is 0 Å². The molecule has 0 spiro atoms. The summed E-state index contributed by atoms with van der Waals surface area (Å²) in [5.41, 5.74) is 4.62. The summed E-state index contributed by atoms with van der Waals surface area (Å²) >= 11 is 0. The fourth-order valence-corrected chi connectivity index (χ4v) is 3.47. The van der Waals surface area contributed by atoms with Gasteiger partial charge in [-0.3, -0.25) is 9.58 Å². The summed E-state index contributed by atoms with van der Waals surface area (Å²) in [6.07, 6.45) is 3.82. The molecule has 1 atom stereocenters. The Morgan fingerprint density at radius 1 is 1.23 bits per heavy atom. The summed E-state index contributed by atoms with van der Waals surface area (Å²) < 4.78 is 7.48. The van der Waals surface area contributed by atoms with Crippen LogP contribution in [0.5, 0.6) is 0 Å². The summed E-state index contributed by atoms with van der Waals surface area (Å²) in [6, 6.07) is 2.70. The van der Waals surface area contributed by atoms with Gasteiger partial charge in [0.2, 0.25) is 0 Å². The van der Waals surface area contributed by atoms with E-state index in [-0.39, 0.29) is 0 Å². The minimum atomic E-state index is 0.542. The molecule has 120 valence electrons. The Morgan fingerprint density at radius 2 is 2.05 bits per heavy atom. The lowest BCUT2D eigenvalue weighted by Gasteiger charge is -2.35. The molecule has 0 aliphatic carbocycles. The molecule has 22 heavy (non-hydrogen) atoms. The van der Waals surface area contributed by atoms with E-state index in [1.54, 1.807) is 0 Å². The van der Waals surface area contributed by atoms with Crippen molar-refractivity contribution in [3.05, 3.63) is 34.5 Å². The topological polar surface area (TPSA) is 47.1 Å². The Bertz CT molecular complexity index is 624. The second kappa shape index (κ2) is 6.24. The van der Waals surface area contributed by atoms with E-state index in [9.17, 15) is 0 Å². The average molecular weight is 302 g/mol. The van der Waals surface area contributed by atoms with E-state index >= 15 is 0 Å². The predicted molar refractivity (Wildman–Crippen MR) is 85.7 cm³/mol. The van der Waals surface area contributed by atoms with Crippen molar-refractivity contribution in [2.45, 2.75) is 66.1 Å². The summed E-state index contributed by atoms with van der Waals surface area (Å²) in [5.74, 6) is 0.952. The number of aryl methyl sites for hydroxylation is 4. The van der Waals surface area contributed by atoms with E-state index in [1.165, 1.54) is 30.5 Å². The van der Waals surface area contributed by atoms with E-state index in [4.69, 9.17) is 4.52 Å². The summed E-state index contributed by atoms with van der Waals surface area (Å²) in [5, 5.41) is 8.72. The Morgan fingerprint density at radius 3 is 2.68 bits per heavy atom. The van der Waals surface area contributed by atoms with Gasteiger partial charge in [0.05, 0.1) is 17.9 Å². The molecule has 2 aromatic rings. The number of nitrogens with zero attached hydrogens (tertiary/aromatic N) is 4. The summed E-state index contributed by atoms with van der Waals surface area (Å²) in [7, 11) is 0. The second-order valence-corrected chi connectivity index (χ2v) is 6.53. The van der Waals surface area contributed by atoms with Crippen LogP contribution in [0.15, 0.2) is 10.6 Å². The van der Waals surface area contributed by atoms with E-state index in [0.717, 1.165) is 36.8 Å². The first-order valence-corrected chi connectivity index (χ1v) is 8.21. The highest BCUT2D eigenvalue weighted by Gasteiger charge is 2.25. The fourth-order valence-electron chi connectivity index (χ4n) is 3.47.